The van der Waals surface area contributed by atoms with Crippen LogP contribution < -0.4 is 4.74 Å². The topological polar surface area (TPSA) is 60.2 Å². The maximum absolute atomic E-state index is 13.2. The van der Waals surface area contributed by atoms with Crippen molar-refractivity contribution in [1.29, 1.82) is 0 Å². The predicted molar refractivity (Wildman–Crippen MR) is 101 cm³/mol. The summed E-state index contributed by atoms with van der Waals surface area (Å²) >= 11 is 0. The Bertz CT molecular complexity index is 902. The van der Waals surface area contributed by atoms with Crippen LogP contribution in [0.1, 0.15) is 42.2 Å². The fourth-order valence-corrected chi connectivity index (χ4v) is 3.31. The summed E-state index contributed by atoms with van der Waals surface area (Å²) in [7, 11) is 3.49. The number of carbonyl (C=O) groups excluding carboxylic acids is 1. The molecule has 0 bridgehead atoms. The van der Waals surface area contributed by atoms with Crippen molar-refractivity contribution >= 4 is 16.9 Å². The first kappa shape index (κ1) is 17.9. The van der Waals surface area contributed by atoms with E-state index in [0.29, 0.717) is 12.1 Å². The highest BCUT2D eigenvalue weighted by Gasteiger charge is 2.24. The zero-order valence-corrected chi connectivity index (χ0v) is 15.6. The molecule has 1 heterocycles. The van der Waals surface area contributed by atoms with Gasteiger partial charge in [-0.25, -0.2) is 4.68 Å². The molecular formula is C20H24N4O2. The van der Waals surface area contributed by atoms with E-state index in [0.717, 1.165) is 28.8 Å². The van der Waals surface area contributed by atoms with Crippen LogP contribution in [0.5, 0.6) is 5.75 Å². The molecule has 1 amide bonds. The van der Waals surface area contributed by atoms with Gasteiger partial charge >= 0.3 is 0 Å². The number of nitrogens with zero attached hydrogens (tertiary/aromatic N) is 4. The highest BCUT2D eigenvalue weighted by atomic mass is 16.5. The molecule has 3 aromatic rings. The third-order valence-electron chi connectivity index (χ3n) is 4.72. The van der Waals surface area contributed by atoms with E-state index in [1.165, 1.54) is 0 Å². The number of aryl methyl sites for hydroxylation is 1. The lowest BCUT2D eigenvalue weighted by molar-refractivity contribution is 0.0683. The van der Waals surface area contributed by atoms with Gasteiger partial charge in [-0.05, 0) is 49.2 Å². The fourth-order valence-electron chi connectivity index (χ4n) is 3.31. The Morgan fingerprint density at radius 2 is 1.92 bits per heavy atom. The number of benzene rings is 2. The second-order valence-corrected chi connectivity index (χ2v) is 6.20. The van der Waals surface area contributed by atoms with Gasteiger partial charge < -0.3 is 9.64 Å². The summed E-state index contributed by atoms with van der Waals surface area (Å²) in [5.41, 5.74) is 3.37. The summed E-state index contributed by atoms with van der Waals surface area (Å²) in [5, 5.41) is 8.12. The van der Waals surface area contributed by atoms with Crippen LogP contribution in [0.2, 0.25) is 0 Å². The monoisotopic (exact) mass is 352 g/mol. The second kappa shape index (κ2) is 7.56. The Balaban J connectivity index is 1.91. The SMILES string of the molecule is CCC(c1ccc(OC)cc1)N(CC)C(=O)c1ccc2c(c1)nnn2C. The number of amides is 1. The molecule has 6 nitrogen and oxygen atoms in total. The highest BCUT2D eigenvalue weighted by Crippen LogP contribution is 2.28. The summed E-state index contributed by atoms with van der Waals surface area (Å²) < 4.78 is 6.94. The second-order valence-electron chi connectivity index (χ2n) is 6.20. The lowest BCUT2D eigenvalue weighted by atomic mass is 10.0. The molecule has 136 valence electrons. The van der Waals surface area contributed by atoms with E-state index in [1.54, 1.807) is 11.8 Å². The van der Waals surface area contributed by atoms with Crippen molar-refractivity contribution in [2.45, 2.75) is 26.3 Å². The Labute approximate surface area is 153 Å². The maximum Gasteiger partial charge on any atom is 0.254 e. The van der Waals surface area contributed by atoms with E-state index in [1.807, 2.05) is 61.3 Å². The van der Waals surface area contributed by atoms with E-state index < -0.39 is 0 Å². The molecule has 1 atom stereocenters. The summed E-state index contributed by atoms with van der Waals surface area (Å²) in [6.45, 7) is 4.73. The third kappa shape index (κ3) is 3.27. The summed E-state index contributed by atoms with van der Waals surface area (Å²) in [5.74, 6) is 0.814. The largest absolute Gasteiger partial charge is 0.497 e. The number of carbonyl (C=O) groups is 1. The Hall–Kier alpha value is -2.89. The van der Waals surface area contributed by atoms with Crippen LogP contribution in [0.25, 0.3) is 11.0 Å². The van der Waals surface area contributed by atoms with Gasteiger partial charge in [-0.15, -0.1) is 5.10 Å². The average molecular weight is 352 g/mol. The summed E-state index contributed by atoms with van der Waals surface area (Å²) in [6, 6.07) is 13.5. The number of rotatable bonds is 6. The molecule has 1 unspecified atom stereocenters. The number of aromatic nitrogens is 3. The molecule has 26 heavy (non-hydrogen) atoms. The number of hydrogen-bond donors (Lipinski definition) is 0. The zero-order chi connectivity index (χ0) is 18.7. The van der Waals surface area contributed by atoms with Gasteiger partial charge in [-0.3, -0.25) is 4.79 Å². The molecule has 0 aliphatic carbocycles. The molecule has 0 aliphatic rings. The maximum atomic E-state index is 13.2. The minimum atomic E-state index is 0.00252. The van der Waals surface area contributed by atoms with Crippen molar-refractivity contribution < 1.29 is 9.53 Å². The van der Waals surface area contributed by atoms with Crippen LogP contribution >= 0.6 is 0 Å². The molecular weight excluding hydrogens is 328 g/mol. The van der Waals surface area contributed by atoms with Crippen LogP contribution in [0.4, 0.5) is 0 Å². The normalized spacial score (nSPS) is 12.2. The molecule has 0 aliphatic heterocycles. The molecule has 2 aromatic carbocycles. The first-order valence-corrected chi connectivity index (χ1v) is 8.83. The summed E-state index contributed by atoms with van der Waals surface area (Å²) in [4.78, 5) is 15.1. The molecule has 3 rings (SSSR count). The lowest BCUT2D eigenvalue weighted by Gasteiger charge is -2.31. The first-order valence-electron chi connectivity index (χ1n) is 8.83. The Morgan fingerprint density at radius 1 is 1.19 bits per heavy atom. The first-order chi connectivity index (χ1) is 12.6. The van der Waals surface area contributed by atoms with Gasteiger partial charge in [0.25, 0.3) is 5.91 Å². The molecule has 0 radical (unpaired) electrons. The number of methoxy groups -OCH3 is 1. The van der Waals surface area contributed by atoms with Crippen molar-refractivity contribution in [1.82, 2.24) is 19.9 Å². The van der Waals surface area contributed by atoms with Crippen molar-refractivity contribution in [2.24, 2.45) is 7.05 Å². The predicted octanol–water partition coefficient (Wildman–Crippen LogP) is 3.59. The molecule has 0 N–H and O–H groups in total. The lowest BCUT2D eigenvalue weighted by Crippen LogP contribution is -2.34. The van der Waals surface area contributed by atoms with E-state index in [2.05, 4.69) is 17.2 Å². The van der Waals surface area contributed by atoms with Gasteiger partial charge in [0.15, 0.2) is 0 Å². The highest BCUT2D eigenvalue weighted by molar-refractivity contribution is 5.97. The minimum absolute atomic E-state index is 0.00252. The van der Waals surface area contributed by atoms with Gasteiger partial charge in [0.1, 0.15) is 11.3 Å². The Morgan fingerprint density at radius 3 is 2.54 bits per heavy atom. The molecule has 0 saturated heterocycles. The van der Waals surface area contributed by atoms with E-state index in [-0.39, 0.29) is 11.9 Å². The zero-order valence-electron chi connectivity index (χ0n) is 15.6. The molecule has 0 spiro atoms. The fraction of sp³-hybridized carbons (Fsp3) is 0.350. The quantitative estimate of drug-likeness (QED) is 0.680. The Kier molecular flexibility index (Phi) is 5.21. The molecule has 1 aromatic heterocycles. The van der Waals surface area contributed by atoms with Crippen LogP contribution in [0.15, 0.2) is 42.5 Å². The van der Waals surface area contributed by atoms with Gasteiger partial charge in [-0.2, -0.15) is 0 Å². The third-order valence-corrected chi connectivity index (χ3v) is 4.72. The van der Waals surface area contributed by atoms with Crippen molar-refractivity contribution in [3.8, 4) is 5.75 Å². The summed E-state index contributed by atoms with van der Waals surface area (Å²) in [6.07, 6.45) is 0.833. The van der Waals surface area contributed by atoms with Crippen molar-refractivity contribution in [3.05, 3.63) is 53.6 Å². The van der Waals surface area contributed by atoms with Crippen LogP contribution in [-0.4, -0.2) is 39.5 Å². The minimum Gasteiger partial charge on any atom is -0.497 e. The average Bonchev–Trinajstić information content (AvgIpc) is 3.06. The molecule has 0 fully saturated rings. The van der Waals surface area contributed by atoms with Gasteiger partial charge in [-0.1, -0.05) is 24.3 Å². The van der Waals surface area contributed by atoms with Crippen LogP contribution in [0, 0.1) is 0 Å². The standard InChI is InChI=1S/C20H24N4O2/c1-5-18(14-7-10-16(26-4)11-8-14)24(6-2)20(25)15-9-12-19-17(13-15)21-22-23(19)3/h7-13,18H,5-6H2,1-4H3. The van der Waals surface area contributed by atoms with Crippen LogP contribution in [0.3, 0.4) is 0 Å². The number of fused-ring (bicyclic) bond motifs is 1. The van der Waals surface area contributed by atoms with Crippen LogP contribution in [-0.2, 0) is 7.05 Å². The number of hydrogen-bond acceptors (Lipinski definition) is 4. The van der Waals surface area contributed by atoms with Crippen molar-refractivity contribution in [3.63, 3.8) is 0 Å². The smallest absolute Gasteiger partial charge is 0.254 e. The van der Waals surface area contributed by atoms with Gasteiger partial charge in [0.05, 0.1) is 18.7 Å². The van der Waals surface area contributed by atoms with E-state index >= 15 is 0 Å². The molecule has 0 saturated carbocycles. The van der Waals surface area contributed by atoms with Gasteiger partial charge in [0, 0.05) is 19.2 Å². The van der Waals surface area contributed by atoms with E-state index in [4.69, 9.17) is 4.74 Å². The number of ether oxygens (including phenoxy) is 1. The van der Waals surface area contributed by atoms with E-state index in [9.17, 15) is 4.79 Å². The van der Waals surface area contributed by atoms with Gasteiger partial charge in [0.2, 0.25) is 0 Å². The molecule has 6 heteroatoms. The van der Waals surface area contributed by atoms with Crippen molar-refractivity contribution in [2.75, 3.05) is 13.7 Å².